The van der Waals surface area contributed by atoms with Crippen LogP contribution in [-0.2, 0) is 6.42 Å². The van der Waals surface area contributed by atoms with E-state index in [0.29, 0.717) is 0 Å². The Hall–Kier alpha value is -2.14. The predicted octanol–water partition coefficient (Wildman–Crippen LogP) is 4.35. The number of hydrogen-bond donors (Lipinski definition) is 0. The lowest BCUT2D eigenvalue weighted by Crippen LogP contribution is -1.86. The molecule has 0 unspecified atom stereocenters. The van der Waals surface area contributed by atoms with Crippen molar-refractivity contribution in [2.75, 3.05) is 0 Å². The van der Waals surface area contributed by atoms with Gasteiger partial charge >= 0.3 is 0 Å². The zero-order chi connectivity index (χ0) is 14.2. The summed E-state index contributed by atoms with van der Waals surface area (Å²) in [5.74, 6) is 5.56. The Kier molecular flexibility index (Phi) is 5.32. The summed E-state index contributed by atoms with van der Waals surface area (Å²) >= 11 is 0. The van der Waals surface area contributed by atoms with E-state index in [1.54, 1.807) is 6.07 Å². The van der Waals surface area contributed by atoms with Gasteiger partial charge in [-0.3, -0.25) is 0 Å². The van der Waals surface area contributed by atoms with Gasteiger partial charge in [0, 0.05) is 17.3 Å². The molecular weight excluding hydrogens is 249 g/mol. The fraction of sp³-hybridized carbons (Fsp3) is 0.278. The van der Waals surface area contributed by atoms with Crippen LogP contribution in [0, 0.1) is 17.8 Å². The van der Waals surface area contributed by atoms with Crippen LogP contribution < -0.4 is 0 Å². The van der Waals surface area contributed by atoms with E-state index in [9.17, 15) is 4.39 Å². The fourth-order valence-corrected chi connectivity index (χ4v) is 1.93. The molecule has 0 spiro atoms. The maximum Gasteiger partial charge on any atom is 0.212 e. The topological polar surface area (TPSA) is 12.9 Å². The zero-order valence-corrected chi connectivity index (χ0v) is 11.7. The van der Waals surface area contributed by atoms with E-state index in [1.165, 1.54) is 37.1 Å². The number of unbranched alkanes of at least 4 members (excludes halogenated alkanes) is 2. The maximum absolute atomic E-state index is 12.7. The molecule has 1 aromatic heterocycles. The normalized spacial score (nSPS) is 9.90. The number of benzene rings is 1. The van der Waals surface area contributed by atoms with Gasteiger partial charge in [-0.1, -0.05) is 43.7 Å². The van der Waals surface area contributed by atoms with E-state index in [2.05, 4.69) is 35.9 Å². The molecule has 0 saturated carbocycles. The number of pyridine rings is 1. The summed E-state index contributed by atoms with van der Waals surface area (Å²) in [4.78, 5) is 3.58. The Labute approximate surface area is 119 Å². The van der Waals surface area contributed by atoms with Gasteiger partial charge in [0.25, 0.3) is 0 Å². The van der Waals surface area contributed by atoms with Crippen molar-refractivity contribution in [3.8, 4) is 11.8 Å². The number of hydrogen-bond acceptors (Lipinski definition) is 1. The van der Waals surface area contributed by atoms with Crippen LogP contribution in [0.5, 0.6) is 0 Å². The molecule has 0 N–H and O–H groups in total. The highest BCUT2D eigenvalue weighted by Gasteiger charge is 1.94. The highest BCUT2D eigenvalue weighted by atomic mass is 19.1. The highest BCUT2D eigenvalue weighted by molar-refractivity contribution is 5.42. The third kappa shape index (κ3) is 4.51. The number of nitrogens with zero attached hydrogens (tertiary/aromatic N) is 1. The largest absolute Gasteiger partial charge is 0.227 e. The molecular formula is C18H18FN. The summed E-state index contributed by atoms with van der Waals surface area (Å²) in [6, 6.07) is 11.3. The third-order valence-electron chi connectivity index (χ3n) is 3.10. The quantitative estimate of drug-likeness (QED) is 0.456. The van der Waals surface area contributed by atoms with Gasteiger partial charge in [0.05, 0.1) is 0 Å². The van der Waals surface area contributed by atoms with Gasteiger partial charge in [-0.25, -0.2) is 4.98 Å². The molecule has 0 amide bonds. The minimum atomic E-state index is -0.480. The van der Waals surface area contributed by atoms with E-state index in [1.807, 2.05) is 12.1 Å². The molecule has 1 nitrogen and oxygen atoms in total. The van der Waals surface area contributed by atoms with E-state index < -0.39 is 5.95 Å². The molecule has 0 saturated heterocycles. The van der Waals surface area contributed by atoms with Crippen molar-refractivity contribution in [3.63, 3.8) is 0 Å². The van der Waals surface area contributed by atoms with Gasteiger partial charge in [-0.15, -0.1) is 0 Å². The molecule has 0 atom stereocenters. The monoisotopic (exact) mass is 267 g/mol. The number of aromatic nitrogens is 1. The van der Waals surface area contributed by atoms with Crippen molar-refractivity contribution in [1.29, 1.82) is 0 Å². The van der Waals surface area contributed by atoms with E-state index in [-0.39, 0.29) is 0 Å². The van der Waals surface area contributed by atoms with Gasteiger partial charge in [-0.05, 0) is 42.7 Å². The molecule has 0 aliphatic heterocycles. The van der Waals surface area contributed by atoms with E-state index in [0.717, 1.165) is 17.5 Å². The molecule has 0 radical (unpaired) electrons. The second-order valence-corrected chi connectivity index (χ2v) is 4.77. The van der Waals surface area contributed by atoms with E-state index >= 15 is 0 Å². The summed E-state index contributed by atoms with van der Waals surface area (Å²) in [7, 11) is 0. The molecule has 0 aliphatic rings. The molecule has 102 valence electrons. The molecule has 2 heteroatoms. The second-order valence-electron chi connectivity index (χ2n) is 4.77. The number of aryl methyl sites for hydroxylation is 1. The Balaban J connectivity index is 1.98. The van der Waals surface area contributed by atoms with Crippen molar-refractivity contribution in [2.24, 2.45) is 0 Å². The highest BCUT2D eigenvalue weighted by Crippen LogP contribution is 2.08. The van der Waals surface area contributed by atoms with Gasteiger partial charge in [0.15, 0.2) is 0 Å². The van der Waals surface area contributed by atoms with Crippen molar-refractivity contribution >= 4 is 0 Å². The number of halogens is 1. The Bertz CT molecular complexity index is 588. The van der Waals surface area contributed by atoms with Gasteiger partial charge in [-0.2, -0.15) is 4.39 Å². The third-order valence-corrected chi connectivity index (χ3v) is 3.10. The Morgan fingerprint density at radius 2 is 1.65 bits per heavy atom. The van der Waals surface area contributed by atoms with Crippen LogP contribution >= 0.6 is 0 Å². The zero-order valence-electron chi connectivity index (χ0n) is 11.7. The van der Waals surface area contributed by atoms with Gasteiger partial charge < -0.3 is 0 Å². The molecule has 2 aromatic rings. The van der Waals surface area contributed by atoms with Crippen molar-refractivity contribution < 1.29 is 4.39 Å². The van der Waals surface area contributed by atoms with Crippen LogP contribution in [-0.4, -0.2) is 4.98 Å². The molecule has 1 aromatic carbocycles. The van der Waals surface area contributed by atoms with Gasteiger partial charge in [0.2, 0.25) is 5.95 Å². The van der Waals surface area contributed by atoms with Gasteiger partial charge in [0.1, 0.15) is 0 Å². The van der Waals surface area contributed by atoms with Crippen molar-refractivity contribution in [3.05, 3.63) is 65.2 Å². The summed E-state index contributed by atoms with van der Waals surface area (Å²) in [5, 5.41) is 0. The standard InChI is InChI=1S/C18H18FN/c1-2-3-4-5-15-6-8-16(9-7-15)10-11-17-12-13-18(19)20-14-17/h6-9,12-14H,2-5H2,1H3. The van der Waals surface area contributed by atoms with Crippen LogP contribution in [0.2, 0.25) is 0 Å². The van der Waals surface area contributed by atoms with Crippen LogP contribution in [0.1, 0.15) is 42.9 Å². The lowest BCUT2D eigenvalue weighted by molar-refractivity contribution is 0.583. The molecule has 20 heavy (non-hydrogen) atoms. The first-order valence-corrected chi connectivity index (χ1v) is 7.00. The lowest BCUT2D eigenvalue weighted by atomic mass is 10.1. The summed E-state index contributed by atoms with van der Waals surface area (Å²) in [5.41, 5.74) is 3.04. The average Bonchev–Trinajstić information content (AvgIpc) is 2.48. The maximum atomic E-state index is 12.7. The minimum absolute atomic E-state index is 0.480. The summed E-state index contributed by atoms with van der Waals surface area (Å²) in [6.07, 6.45) is 6.34. The van der Waals surface area contributed by atoms with Crippen molar-refractivity contribution in [2.45, 2.75) is 32.6 Å². The smallest absolute Gasteiger partial charge is 0.212 e. The van der Waals surface area contributed by atoms with Crippen LogP contribution in [0.15, 0.2) is 42.6 Å². The summed E-state index contributed by atoms with van der Waals surface area (Å²) in [6.45, 7) is 2.21. The molecule has 0 bridgehead atoms. The van der Waals surface area contributed by atoms with Crippen LogP contribution in [0.25, 0.3) is 0 Å². The van der Waals surface area contributed by atoms with Crippen LogP contribution in [0.3, 0.4) is 0 Å². The first kappa shape index (κ1) is 14.3. The minimum Gasteiger partial charge on any atom is -0.227 e. The molecule has 0 aliphatic carbocycles. The molecule has 1 heterocycles. The predicted molar refractivity (Wildman–Crippen MR) is 79.8 cm³/mol. The average molecular weight is 267 g/mol. The fourth-order valence-electron chi connectivity index (χ4n) is 1.93. The molecule has 2 rings (SSSR count). The van der Waals surface area contributed by atoms with Crippen molar-refractivity contribution in [1.82, 2.24) is 4.98 Å². The first-order valence-electron chi connectivity index (χ1n) is 7.00. The second kappa shape index (κ2) is 7.45. The first-order chi connectivity index (χ1) is 9.78. The Morgan fingerprint density at radius 1 is 0.950 bits per heavy atom. The summed E-state index contributed by atoms with van der Waals surface area (Å²) < 4.78 is 12.7. The van der Waals surface area contributed by atoms with E-state index in [4.69, 9.17) is 0 Å². The lowest BCUT2D eigenvalue weighted by Gasteiger charge is -2.00. The number of rotatable bonds is 4. The van der Waals surface area contributed by atoms with Crippen LogP contribution in [0.4, 0.5) is 4.39 Å². The SMILES string of the molecule is CCCCCc1ccc(C#Cc2ccc(F)nc2)cc1. The molecule has 0 fully saturated rings. The Morgan fingerprint density at radius 3 is 2.30 bits per heavy atom.